The van der Waals surface area contributed by atoms with Crippen LogP contribution in [0.3, 0.4) is 0 Å². The topological polar surface area (TPSA) is 66.4 Å². The predicted molar refractivity (Wildman–Crippen MR) is 79.9 cm³/mol. The van der Waals surface area contributed by atoms with Gasteiger partial charge in [0.25, 0.3) is 0 Å². The largest absolute Gasteiger partial charge is 0.481 e. The van der Waals surface area contributed by atoms with Crippen LogP contribution < -0.4 is 5.32 Å². The zero-order valence-electron chi connectivity index (χ0n) is 11.1. The summed E-state index contributed by atoms with van der Waals surface area (Å²) in [5.41, 5.74) is 0.546. The molecule has 1 aromatic rings. The van der Waals surface area contributed by atoms with Gasteiger partial charge in [-0.25, -0.2) is 0 Å². The van der Waals surface area contributed by atoms with Gasteiger partial charge in [-0.1, -0.05) is 29.3 Å². The summed E-state index contributed by atoms with van der Waals surface area (Å²) >= 11 is 11.9. The second-order valence-electron chi connectivity index (χ2n) is 4.39. The first-order valence-corrected chi connectivity index (χ1v) is 6.74. The fourth-order valence-corrected chi connectivity index (χ4v) is 1.96. The number of rotatable bonds is 5. The Hall–Kier alpha value is -1.52. The molecule has 0 aliphatic heterocycles. The first kappa shape index (κ1) is 16.5. The molecule has 4 nitrogen and oxygen atoms in total. The van der Waals surface area contributed by atoms with E-state index in [2.05, 4.69) is 5.32 Å². The van der Waals surface area contributed by atoms with Gasteiger partial charge >= 0.3 is 5.97 Å². The van der Waals surface area contributed by atoms with Gasteiger partial charge in [-0.3, -0.25) is 9.59 Å². The Bertz CT molecular complexity index is 523. The van der Waals surface area contributed by atoms with Crippen molar-refractivity contribution in [3.05, 3.63) is 39.9 Å². The van der Waals surface area contributed by atoms with E-state index in [1.54, 1.807) is 25.1 Å². The van der Waals surface area contributed by atoms with Crippen LogP contribution in [-0.4, -0.2) is 23.0 Å². The van der Waals surface area contributed by atoms with E-state index in [9.17, 15) is 9.59 Å². The number of carbonyl (C=O) groups excluding carboxylic acids is 1. The highest BCUT2D eigenvalue weighted by Crippen LogP contribution is 2.25. The predicted octanol–water partition coefficient (Wildman–Crippen LogP) is 3.23. The van der Waals surface area contributed by atoms with Gasteiger partial charge in [0.1, 0.15) is 0 Å². The number of carboxylic acid groups (broad SMARTS) is 1. The average molecular weight is 316 g/mol. The molecule has 0 radical (unpaired) electrons. The quantitative estimate of drug-likeness (QED) is 0.820. The van der Waals surface area contributed by atoms with Crippen molar-refractivity contribution < 1.29 is 14.7 Å². The average Bonchev–Trinajstić information content (AvgIpc) is 2.36. The molecule has 108 valence electrons. The molecule has 1 amide bonds. The minimum atomic E-state index is -0.962. The van der Waals surface area contributed by atoms with Gasteiger partial charge in [0.2, 0.25) is 5.91 Å². The molecule has 0 saturated carbocycles. The van der Waals surface area contributed by atoms with Crippen LogP contribution in [-0.2, 0) is 9.59 Å². The van der Waals surface area contributed by atoms with Crippen LogP contribution in [0.15, 0.2) is 24.3 Å². The van der Waals surface area contributed by atoms with Gasteiger partial charge in [0.15, 0.2) is 0 Å². The third kappa shape index (κ3) is 4.54. The fraction of sp³-hybridized carbons (Fsp3) is 0.286. The zero-order chi connectivity index (χ0) is 15.3. The molecule has 2 N–H and O–H groups in total. The summed E-state index contributed by atoms with van der Waals surface area (Å²) in [6.07, 6.45) is 2.77. The lowest BCUT2D eigenvalue weighted by atomic mass is 10.0. The molecule has 2 unspecified atom stereocenters. The van der Waals surface area contributed by atoms with Crippen molar-refractivity contribution in [3.63, 3.8) is 0 Å². The molecule has 0 bridgehead atoms. The first-order chi connectivity index (χ1) is 9.32. The molecule has 0 aliphatic rings. The van der Waals surface area contributed by atoms with Gasteiger partial charge in [-0.05, 0) is 32.1 Å². The van der Waals surface area contributed by atoms with Crippen LogP contribution in [0.5, 0.6) is 0 Å². The van der Waals surface area contributed by atoms with E-state index in [0.29, 0.717) is 15.6 Å². The smallest absolute Gasteiger partial charge is 0.308 e. The molecule has 0 saturated heterocycles. The first-order valence-electron chi connectivity index (χ1n) is 5.98. The molecular weight excluding hydrogens is 301 g/mol. The molecule has 20 heavy (non-hydrogen) atoms. The summed E-state index contributed by atoms with van der Waals surface area (Å²) in [6.45, 7) is 3.16. The lowest BCUT2D eigenvalue weighted by Crippen LogP contribution is -2.39. The molecule has 0 spiro atoms. The van der Waals surface area contributed by atoms with Crippen molar-refractivity contribution in [1.29, 1.82) is 0 Å². The zero-order valence-corrected chi connectivity index (χ0v) is 12.6. The second kappa shape index (κ2) is 7.31. The van der Waals surface area contributed by atoms with E-state index in [4.69, 9.17) is 28.3 Å². The maximum absolute atomic E-state index is 11.7. The van der Waals surface area contributed by atoms with Crippen molar-refractivity contribution in [1.82, 2.24) is 5.32 Å². The Balaban J connectivity index is 2.71. The summed E-state index contributed by atoms with van der Waals surface area (Å²) < 4.78 is 0. The van der Waals surface area contributed by atoms with Gasteiger partial charge in [0, 0.05) is 27.7 Å². The monoisotopic (exact) mass is 315 g/mol. The van der Waals surface area contributed by atoms with Gasteiger partial charge in [0.05, 0.1) is 5.92 Å². The Morgan fingerprint density at radius 2 is 1.80 bits per heavy atom. The summed E-state index contributed by atoms with van der Waals surface area (Å²) in [5, 5.41) is 12.3. The molecule has 0 fully saturated rings. The number of benzene rings is 1. The van der Waals surface area contributed by atoms with E-state index in [-0.39, 0.29) is 0 Å². The minimum absolute atomic E-state index is 0.401. The number of nitrogens with one attached hydrogen (secondary N) is 1. The Kier molecular flexibility index (Phi) is 6.05. The van der Waals surface area contributed by atoms with Crippen molar-refractivity contribution in [2.75, 3.05) is 0 Å². The van der Waals surface area contributed by atoms with Crippen LogP contribution in [0.4, 0.5) is 0 Å². The van der Waals surface area contributed by atoms with Crippen molar-refractivity contribution in [2.24, 2.45) is 5.92 Å². The van der Waals surface area contributed by atoms with E-state index in [1.807, 2.05) is 0 Å². The maximum Gasteiger partial charge on any atom is 0.308 e. The molecule has 0 aliphatic carbocycles. The van der Waals surface area contributed by atoms with Crippen LogP contribution in [0.1, 0.15) is 19.4 Å². The molecule has 0 heterocycles. The number of aliphatic carboxylic acids is 1. The van der Waals surface area contributed by atoms with Crippen molar-refractivity contribution in [2.45, 2.75) is 19.9 Å². The van der Waals surface area contributed by atoms with E-state index < -0.39 is 23.8 Å². The second-order valence-corrected chi connectivity index (χ2v) is 5.21. The molecule has 2 atom stereocenters. The summed E-state index contributed by atoms with van der Waals surface area (Å²) in [4.78, 5) is 22.5. The SMILES string of the molecule is CC(NC(=O)/C=C/c1c(Cl)cccc1Cl)C(C)C(=O)O. The number of halogens is 2. The van der Waals surface area contributed by atoms with Crippen molar-refractivity contribution in [3.8, 4) is 0 Å². The highest BCUT2D eigenvalue weighted by Gasteiger charge is 2.20. The van der Waals surface area contributed by atoms with Crippen LogP contribution in [0, 0.1) is 5.92 Å². The number of carbonyl (C=O) groups is 2. The third-order valence-corrected chi connectivity index (χ3v) is 3.57. The van der Waals surface area contributed by atoms with Crippen LogP contribution >= 0.6 is 23.2 Å². The number of hydrogen-bond acceptors (Lipinski definition) is 2. The Morgan fingerprint density at radius 3 is 2.30 bits per heavy atom. The lowest BCUT2D eigenvalue weighted by Gasteiger charge is -2.16. The molecule has 0 aromatic heterocycles. The minimum Gasteiger partial charge on any atom is -0.481 e. The normalized spacial score (nSPS) is 14.0. The molecule has 1 rings (SSSR count). The Labute approximate surface area is 127 Å². The maximum atomic E-state index is 11.7. The van der Waals surface area contributed by atoms with Crippen LogP contribution in [0.25, 0.3) is 6.08 Å². The highest BCUT2D eigenvalue weighted by atomic mass is 35.5. The van der Waals surface area contributed by atoms with E-state index in [1.165, 1.54) is 19.1 Å². The van der Waals surface area contributed by atoms with Gasteiger partial charge in [-0.15, -0.1) is 0 Å². The van der Waals surface area contributed by atoms with Crippen LogP contribution in [0.2, 0.25) is 10.0 Å². The molecular formula is C14H15Cl2NO3. The molecule has 6 heteroatoms. The van der Waals surface area contributed by atoms with E-state index >= 15 is 0 Å². The van der Waals surface area contributed by atoms with E-state index in [0.717, 1.165) is 0 Å². The Morgan fingerprint density at radius 1 is 1.25 bits per heavy atom. The third-order valence-electron chi connectivity index (χ3n) is 2.91. The number of hydrogen-bond donors (Lipinski definition) is 2. The molecule has 1 aromatic carbocycles. The number of amides is 1. The van der Waals surface area contributed by atoms with Gasteiger partial charge < -0.3 is 10.4 Å². The summed E-state index contributed by atoms with van der Waals surface area (Å²) in [6, 6.07) is 4.56. The fourth-order valence-electron chi connectivity index (χ4n) is 1.44. The number of carboxylic acids is 1. The van der Waals surface area contributed by atoms with Crippen molar-refractivity contribution >= 4 is 41.2 Å². The standard InChI is InChI=1S/C14H15Cl2NO3/c1-8(14(19)20)9(2)17-13(18)7-6-10-11(15)4-3-5-12(10)16/h3-9H,1-2H3,(H,17,18)(H,19,20)/b7-6+. The summed E-state index contributed by atoms with van der Waals surface area (Å²) in [7, 11) is 0. The summed E-state index contributed by atoms with van der Waals surface area (Å²) in [5.74, 6) is -2.03. The highest BCUT2D eigenvalue weighted by molar-refractivity contribution is 6.37. The van der Waals surface area contributed by atoms with Gasteiger partial charge in [-0.2, -0.15) is 0 Å². The lowest BCUT2D eigenvalue weighted by molar-refractivity contribution is -0.142.